The zero-order valence-electron chi connectivity index (χ0n) is 17.1. The lowest BCUT2D eigenvalue weighted by atomic mass is 9.90. The predicted octanol–water partition coefficient (Wildman–Crippen LogP) is 6.03. The van der Waals surface area contributed by atoms with Gasteiger partial charge in [0.25, 0.3) is 5.91 Å². The molecule has 30 heavy (non-hydrogen) atoms. The Bertz CT molecular complexity index is 961. The van der Waals surface area contributed by atoms with Crippen molar-refractivity contribution in [2.75, 3.05) is 19.0 Å². The minimum Gasteiger partial charge on any atom is -0.497 e. The SMILES string of the molecule is COc1ccc(-c2csc(NC(=O)c3ccc(OCC4CCCCC4)cc3)n2)cc1. The smallest absolute Gasteiger partial charge is 0.257 e. The Balaban J connectivity index is 1.32. The summed E-state index contributed by atoms with van der Waals surface area (Å²) in [5, 5.41) is 5.38. The highest BCUT2D eigenvalue weighted by molar-refractivity contribution is 7.14. The Hall–Kier alpha value is -2.86. The van der Waals surface area contributed by atoms with Gasteiger partial charge in [0, 0.05) is 16.5 Å². The van der Waals surface area contributed by atoms with Gasteiger partial charge < -0.3 is 9.47 Å². The van der Waals surface area contributed by atoms with Crippen LogP contribution < -0.4 is 14.8 Å². The summed E-state index contributed by atoms with van der Waals surface area (Å²) in [6.45, 7) is 0.763. The number of rotatable bonds is 7. The second-order valence-corrected chi connectivity index (χ2v) is 8.42. The number of nitrogens with one attached hydrogen (secondary N) is 1. The Morgan fingerprint density at radius 2 is 1.73 bits per heavy atom. The van der Waals surface area contributed by atoms with E-state index >= 15 is 0 Å². The number of anilines is 1. The van der Waals surface area contributed by atoms with Gasteiger partial charge in [0.05, 0.1) is 19.4 Å². The second-order valence-electron chi connectivity index (χ2n) is 7.56. The first-order chi connectivity index (χ1) is 14.7. The van der Waals surface area contributed by atoms with Gasteiger partial charge in [-0.25, -0.2) is 4.98 Å². The minimum absolute atomic E-state index is 0.176. The molecular weight excluding hydrogens is 396 g/mol. The van der Waals surface area contributed by atoms with Gasteiger partial charge >= 0.3 is 0 Å². The van der Waals surface area contributed by atoms with Crippen molar-refractivity contribution in [1.82, 2.24) is 4.98 Å². The van der Waals surface area contributed by atoms with E-state index in [1.807, 2.05) is 41.8 Å². The van der Waals surface area contributed by atoms with Crippen molar-refractivity contribution < 1.29 is 14.3 Å². The quantitative estimate of drug-likeness (QED) is 0.505. The maximum atomic E-state index is 12.6. The number of hydrogen-bond donors (Lipinski definition) is 1. The molecule has 1 N–H and O–H groups in total. The standard InChI is InChI=1S/C24H26N2O3S/c1-28-20-11-7-18(8-12-20)22-16-30-24(25-22)26-23(27)19-9-13-21(14-10-19)29-15-17-5-3-2-4-6-17/h7-14,16-17H,2-6,15H2,1H3,(H,25,26,27). The molecule has 1 saturated carbocycles. The summed E-state index contributed by atoms with van der Waals surface area (Å²) in [6.07, 6.45) is 6.48. The first-order valence-electron chi connectivity index (χ1n) is 10.4. The molecule has 1 heterocycles. The molecule has 1 aliphatic rings. The van der Waals surface area contributed by atoms with Gasteiger partial charge in [0.1, 0.15) is 11.5 Å². The molecule has 1 amide bonds. The zero-order valence-corrected chi connectivity index (χ0v) is 17.9. The average Bonchev–Trinajstić information content (AvgIpc) is 3.27. The maximum absolute atomic E-state index is 12.6. The molecule has 1 fully saturated rings. The Morgan fingerprint density at radius 1 is 1.03 bits per heavy atom. The van der Waals surface area contributed by atoms with Gasteiger partial charge in [-0.1, -0.05) is 19.3 Å². The highest BCUT2D eigenvalue weighted by atomic mass is 32.1. The topological polar surface area (TPSA) is 60.5 Å². The molecule has 0 saturated heterocycles. The summed E-state index contributed by atoms with van der Waals surface area (Å²) < 4.78 is 11.1. The molecular formula is C24H26N2O3S. The van der Waals surface area contributed by atoms with Crippen molar-refractivity contribution in [1.29, 1.82) is 0 Å². The number of aromatic nitrogens is 1. The number of hydrogen-bond acceptors (Lipinski definition) is 5. The molecule has 0 atom stereocenters. The van der Waals surface area contributed by atoms with E-state index in [4.69, 9.17) is 9.47 Å². The van der Waals surface area contributed by atoms with Crippen LogP contribution in [0.25, 0.3) is 11.3 Å². The van der Waals surface area contributed by atoms with Gasteiger partial charge in [0.15, 0.2) is 5.13 Å². The average molecular weight is 423 g/mol. The molecule has 0 aliphatic heterocycles. The van der Waals surface area contributed by atoms with E-state index in [0.29, 0.717) is 16.6 Å². The maximum Gasteiger partial charge on any atom is 0.257 e. The number of carbonyl (C=O) groups is 1. The first-order valence-corrected chi connectivity index (χ1v) is 11.2. The molecule has 3 aromatic rings. The molecule has 5 nitrogen and oxygen atoms in total. The van der Waals surface area contributed by atoms with Crippen LogP contribution in [0, 0.1) is 5.92 Å². The molecule has 1 aromatic heterocycles. The highest BCUT2D eigenvalue weighted by Gasteiger charge is 2.14. The van der Waals surface area contributed by atoms with Crippen LogP contribution in [-0.4, -0.2) is 24.6 Å². The van der Waals surface area contributed by atoms with Crippen molar-refractivity contribution in [3.05, 3.63) is 59.5 Å². The number of benzene rings is 2. The third-order valence-electron chi connectivity index (χ3n) is 5.44. The van der Waals surface area contributed by atoms with Gasteiger partial charge in [-0.3, -0.25) is 10.1 Å². The van der Waals surface area contributed by atoms with E-state index in [1.54, 1.807) is 19.2 Å². The number of amides is 1. The van der Waals surface area contributed by atoms with Crippen LogP contribution in [0.3, 0.4) is 0 Å². The minimum atomic E-state index is -0.176. The van der Waals surface area contributed by atoms with Gasteiger partial charge in [-0.2, -0.15) is 0 Å². The summed E-state index contributed by atoms with van der Waals surface area (Å²) in [4.78, 5) is 17.1. The van der Waals surface area contributed by atoms with Crippen LogP contribution in [0.1, 0.15) is 42.5 Å². The molecule has 0 unspecified atom stereocenters. The number of thiazole rings is 1. The Morgan fingerprint density at radius 3 is 2.43 bits per heavy atom. The number of carbonyl (C=O) groups excluding carboxylic acids is 1. The molecule has 0 radical (unpaired) electrons. The monoisotopic (exact) mass is 422 g/mol. The number of nitrogens with zero attached hydrogens (tertiary/aromatic N) is 1. The van der Waals surface area contributed by atoms with Gasteiger partial charge in [-0.05, 0) is 67.3 Å². The van der Waals surface area contributed by atoms with Gasteiger partial charge in [0.2, 0.25) is 0 Å². The highest BCUT2D eigenvalue weighted by Crippen LogP contribution is 2.27. The second kappa shape index (κ2) is 9.76. The van der Waals surface area contributed by atoms with Crippen LogP contribution in [0.5, 0.6) is 11.5 Å². The predicted molar refractivity (Wildman–Crippen MR) is 121 cm³/mol. The van der Waals surface area contributed by atoms with E-state index in [9.17, 15) is 4.79 Å². The fourth-order valence-corrected chi connectivity index (χ4v) is 4.38. The lowest BCUT2D eigenvalue weighted by Crippen LogP contribution is -2.15. The fourth-order valence-electron chi connectivity index (χ4n) is 3.67. The van der Waals surface area contributed by atoms with Crippen LogP contribution in [0.4, 0.5) is 5.13 Å². The van der Waals surface area contributed by atoms with E-state index in [-0.39, 0.29) is 5.91 Å². The molecule has 6 heteroatoms. The fraction of sp³-hybridized carbons (Fsp3) is 0.333. The van der Waals surface area contributed by atoms with Crippen LogP contribution in [0.15, 0.2) is 53.9 Å². The molecule has 0 bridgehead atoms. The number of ether oxygens (including phenoxy) is 2. The Kier molecular flexibility index (Phi) is 6.64. The molecule has 2 aromatic carbocycles. The lowest BCUT2D eigenvalue weighted by molar-refractivity contribution is 0.102. The first kappa shape index (κ1) is 20.4. The summed E-state index contributed by atoms with van der Waals surface area (Å²) in [7, 11) is 1.64. The summed E-state index contributed by atoms with van der Waals surface area (Å²) in [5.41, 5.74) is 2.39. The summed E-state index contributed by atoms with van der Waals surface area (Å²) >= 11 is 1.41. The molecule has 0 spiro atoms. The molecule has 4 rings (SSSR count). The van der Waals surface area contributed by atoms with Crippen LogP contribution in [-0.2, 0) is 0 Å². The van der Waals surface area contributed by atoms with Crippen molar-refractivity contribution >= 4 is 22.4 Å². The van der Waals surface area contributed by atoms with Gasteiger partial charge in [-0.15, -0.1) is 11.3 Å². The molecule has 1 aliphatic carbocycles. The van der Waals surface area contributed by atoms with E-state index in [2.05, 4.69) is 10.3 Å². The van der Waals surface area contributed by atoms with Crippen LogP contribution in [0.2, 0.25) is 0 Å². The van der Waals surface area contributed by atoms with Crippen molar-refractivity contribution in [2.24, 2.45) is 5.92 Å². The van der Waals surface area contributed by atoms with Crippen molar-refractivity contribution in [3.8, 4) is 22.8 Å². The summed E-state index contributed by atoms with van der Waals surface area (Å²) in [5.74, 6) is 2.10. The third-order valence-corrected chi connectivity index (χ3v) is 6.20. The van der Waals surface area contributed by atoms with E-state index < -0.39 is 0 Å². The largest absolute Gasteiger partial charge is 0.497 e. The molecule has 156 valence electrons. The lowest BCUT2D eigenvalue weighted by Gasteiger charge is -2.21. The third kappa shape index (κ3) is 5.19. The zero-order chi connectivity index (χ0) is 20.8. The normalized spacial score (nSPS) is 14.3. The van der Waals surface area contributed by atoms with E-state index in [0.717, 1.165) is 29.4 Å². The summed E-state index contributed by atoms with van der Waals surface area (Å²) in [6, 6.07) is 15.0. The van der Waals surface area contributed by atoms with E-state index in [1.165, 1.54) is 43.4 Å². The Labute approximate surface area is 181 Å². The van der Waals surface area contributed by atoms with Crippen molar-refractivity contribution in [3.63, 3.8) is 0 Å². The number of methoxy groups -OCH3 is 1. The van der Waals surface area contributed by atoms with Crippen LogP contribution >= 0.6 is 11.3 Å². The van der Waals surface area contributed by atoms with Crippen molar-refractivity contribution in [2.45, 2.75) is 32.1 Å².